The maximum atomic E-state index is 12.6. The van der Waals surface area contributed by atoms with E-state index >= 15 is 0 Å². The Morgan fingerprint density at radius 2 is 1.78 bits per heavy atom. The second kappa shape index (κ2) is 6.16. The summed E-state index contributed by atoms with van der Waals surface area (Å²) in [5.41, 5.74) is 2.92. The second-order valence-corrected chi connectivity index (χ2v) is 7.84. The molecule has 1 aliphatic heterocycles. The standard InChI is InChI=1S/C18H19NO3S/c1-14-8-10-16(11-9-14)23(21,22)13-18(20)19-12-4-6-15-5-2-3-7-17(15)19/h2-3,5,7-11H,4,6,12-13H2,1H3. The zero-order chi connectivity index (χ0) is 16.4. The molecule has 0 radical (unpaired) electrons. The normalized spacial score (nSPS) is 14.4. The van der Waals surface area contributed by atoms with Crippen molar-refractivity contribution >= 4 is 21.4 Å². The van der Waals surface area contributed by atoms with Crippen LogP contribution < -0.4 is 4.90 Å². The Balaban J connectivity index is 1.84. The highest BCUT2D eigenvalue weighted by Gasteiger charge is 2.27. The van der Waals surface area contributed by atoms with Gasteiger partial charge in [0.15, 0.2) is 9.84 Å². The molecule has 0 spiro atoms. The SMILES string of the molecule is Cc1ccc(S(=O)(=O)CC(=O)N2CCCc3ccccc32)cc1. The van der Waals surface area contributed by atoms with Crippen LogP contribution in [-0.4, -0.2) is 26.6 Å². The van der Waals surface area contributed by atoms with Gasteiger partial charge in [0.25, 0.3) is 0 Å². The number of carbonyl (C=O) groups excluding carboxylic acids is 1. The van der Waals surface area contributed by atoms with E-state index in [4.69, 9.17) is 0 Å². The first-order valence-electron chi connectivity index (χ1n) is 7.65. The van der Waals surface area contributed by atoms with Crippen molar-refractivity contribution in [2.24, 2.45) is 0 Å². The summed E-state index contributed by atoms with van der Waals surface area (Å²) in [7, 11) is -3.62. The minimum absolute atomic E-state index is 0.196. The Morgan fingerprint density at radius 1 is 1.09 bits per heavy atom. The average Bonchev–Trinajstić information content (AvgIpc) is 2.54. The number of carbonyl (C=O) groups is 1. The number of anilines is 1. The maximum Gasteiger partial charge on any atom is 0.242 e. The Labute approximate surface area is 136 Å². The molecule has 1 amide bonds. The number of hydrogen-bond acceptors (Lipinski definition) is 3. The summed E-state index contributed by atoms with van der Waals surface area (Å²) in [6, 6.07) is 14.3. The fourth-order valence-electron chi connectivity index (χ4n) is 2.86. The predicted octanol–water partition coefficient (Wildman–Crippen LogP) is 2.75. The topological polar surface area (TPSA) is 54.5 Å². The van der Waals surface area contributed by atoms with Gasteiger partial charge in [-0.2, -0.15) is 0 Å². The van der Waals surface area contributed by atoms with Crippen molar-refractivity contribution in [3.8, 4) is 0 Å². The molecule has 2 aromatic carbocycles. The zero-order valence-corrected chi connectivity index (χ0v) is 13.8. The molecule has 0 N–H and O–H groups in total. The van der Waals surface area contributed by atoms with Crippen molar-refractivity contribution in [3.63, 3.8) is 0 Å². The Morgan fingerprint density at radius 3 is 2.52 bits per heavy atom. The number of amides is 1. The van der Waals surface area contributed by atoms with Crippen molar-refractivity contribution in [2.75, 3.05) is 17.2 Å². The largest absolute Gasteiger partial charge is 0.311 e. The number of rotatable bonds is 3. The summed E-state index contributed by atoms with van der Waals surface area (Å²) in [5.74, 6) is -0.859. The lowest BCUT2D eigenvalue weighted by atomic mass is 10.0. The lowest BCUT2D eigenvalue weighted by Gasteiger charge is -2.29. The molecule has 0 fully saturated rings. The molecule has 0 aliphatic carbocycles. The van der Waals surface area contributed by atoms with Gasteiger partial charge in [-0.1, -0.05) is 35.9 Å². The van der Waals surface area contributed by atoms with Crippen molar-refractivity contribution in [1.82, 2.24) is 0 Å². The average molecular weight is 329 g/mol. The molecule has 4 nitrogen and oxygen atoms in total. The van der Waals surface area contributed by atoms with E-state index in [0.717, 1.165) is 29.7 Å². The van der Waals surface area contributed by atoms with Gasteiger partial charge in [0.05, 0.1) is 4.90 Å². The summed E-state index contributed by atoms with van der Waals surface area (Å²) in [6.07, 6.45) is 1.78. The molecular weight excluding hydrogens is 310 g/mol. The van der Waals surface area contributed by atoms with Crippen LogP contribution in [0.2, 0.25) is 0 Å². The highest BCUT2D eigenvalue weighted by molar-refractivity contribution is 7.92. The number of para-hydroxylation sites is 1. The molecule has 0 saturated carbocycles. The van der Waals surface area contributed by atoms with E-state index in [1.807, 2.05) is 31.2 Å². The van der Waals surface area contributed by atoms with Crippen LogP contribution >= 0.6 is 0 Å². The summed E-state index contributed by atoms with van der Waals surface area (Å²) in [4.78, 5) is 14.4. The van der Waals surface area contributed by atoms with Crippen molar-refractivity contribution < 1.29 is 13.2 Å². The van der Waals surface area contributed by atoms with Crippen LogP contribution in [0.3, 0.4) is 0 Å². The predicted molar refractivity (Wildman–Crippen MR) is 90.3 cm³/mol. The van der Waals surface area contributed by atoms with Gasteiger partial charge in [-0.25, -0.2) is 8.42 Å². The molecule has 1 heterocycles. The maximum absolute atomic E-state index is 12.6. The van der Waals surface area contributed by atoms with Crippen LogP contribution in [0.4, 0.5) is 5.69 Å². The summed E-state index contributed by atoms with van der Waals surface area (Å²) in [5, 5.41) is 0. The number of hydrogen-bond donors (Lipinski definition) is 0. The van der Waals surface area contributed by atoms with E-state index in [0.29, 0.717) is 6.54 Å². The molecule has 23 heavy (non-hydrogen) atoms. The fraction of sp³-hybridized carbons (Fsp3) is 0.278. The quantitative estimate of drug-likeness (QED) is 0.870. The number of aryl methyl sites for hydroxylation is 2. The highest BCUT2D eigenvalue weighted by atomic mass is 32.2. The molecule has 0 bridgehead atoms. The monoisotopic (exact) mass is 329 g/mol. The Hall–Kier alpha value is -2.14. The van der Waals surface area contributed by atoms with Crippen LogP contribution in [0.25, 0.3) is 0 Å². The van der Waals surface area contributed by atoms with Gasteiger partial charge in [-0.3, -0.25) is 4.79 Å². The van der Waals surface area contributed by atoms with Crippen molar-refractivity contribution in [1.29, 1.82) is 0 Å². The minimum atomic E-state index is -3.62. The summed E-state index contributed by atoms with van der Waals surface area (Å²) in [6.45, 7) is 2.46. The summed E-state index contributed by atoms with van der Waals surface area (Å²) >= 11 is 0. The third-order valence-corrected chi connectivity index (χ3v) is 5.72. The van der Waals surface area contributed by atoms with E-state index in [2.05, 4.69) is 0 Å². The van der Waals surface area contributed by atoms with Crippen LogP contribution in [0.15, 0.2) is 53.4 Å². The zero-order valence-electron chi connectivity index (χ0n) is 13.0. The molecule has 0 unspecified atom stereocenters. The van der Waals surface area contributed by atoms with E-state index in [1.165, 1.54) is 0 Å². The first-order chi connectivity index (χ1) is 11.0. The number of fused-ring (bicyclic) bond motifs is 1. The van der Waals surface area contributed by atoms with E-state index in [-0.39, 0.29) is 10.8 Å². The van der Waals surface area contributed by atoms with Crippen LogP contribution in [0.5, 0.6) is 0 Å². The first-order valence-corrected chi connectivity index (χ1v) is 9.30. The van der Waals surface area contributed by atoms with Crippen LogP contribution in [0, 0.1) is 6.92 Å². The van der Waals surface area contributed by atoms with E-state index in [1.54, 1.807) is 29.2 Å². The van der Waals surface area contributed by atoms with Crippen molar-refractivity contribution in [2.45, 2.75) is 24.7 Å². The lowest BCUT2D eigenvalue weighted by Crippen LogP contribution is -2.39. The molecule has 5 heteroatoms. The Bertz CT molecular complexity index is 826. The number of nitrogens with zero attached hydrogens (tertiary/aromatic N) is 1. The molecule has 2 aromatic rings. The first kappa shape index (κ1) is 15.7. The van der Waals surface area contributed by atoms with Gasteiger partial charge in [-0.05, 0) is 43.5 Å². The smallest absolute Gasteiger partial charge is 0.242 e. The number of sulfone groups is 1. The lowest BCUT2D eigenvalue weighted by molar-refractivity contribution is -0.116. The highest BCUT2D eigenvalue weighted by Crippen LogP contribution is 2.27. The molecule has 0 aromatic heterocycles. The minimum Gasteiger partial charge on any atom is -0.311 e. The summed E-state index contributed by atoms with van der Waals surface area (Å²) < 4.78 is 24.9. The molecule has 0 saturated heterocycles. The van der Waals surface area contributed by atoms with Gasteiger partial charge in [0, 0.05) is 12.2 Å². The number of benzene rings is 2. The van der Waals surface area contributed by atoms with Crippen molar-refractivity contribution in [3.05, 3.63) is 59.7 Å². The van der Waals surface area contributed by atoms with E-state index < -0.39 is 15.6 Å². The second-order valence-electron chi connectivity index (χ2n) is 5.85. The molecular formula is C18H19NO3S. The van der Waals surface area contributed by atoms with Gasteiger partial charge < -0.3 is 4.90 Å². The molecule has 0 atom stereocenters. The molecule has 3 rings (SSSR count). The van der Waals surface area contributed by atoms with Gasteiger partial charge in [0.2, 0.25) is 5.91 Å². The van der Waals surface area contributed by atoms with Gasteiger partial charge >= 0.3 is 0 Å². The Kier molecular flexibility index (Phi) is 4.22. The molecule has 120 valence electrons. The van der Waals surface area contributed by atoms with Gasteiger partial charge in [-0.15, -0.1) is 0 Å². The molecule has 1 aliphatic rings. The van der Waals surface area contributed by atoms with Crippen LogP contribution in [-0.2, 0) is 21.1 Å². The fourth-order valence-corrected chi connectivity index (χ4v) is 4.06. The van der Waals surface area contributed by atoms with E-state index in [9.17, 15) is 13.2 Å². The van der Waals surface area contributed by atoms with Crippen LogP contribution in [0.1, 0.15) is 17.5 Å². The third-order valence-electron chi connectivity index (χ3n) is 4.10. The third kappa shape index (κ3) is 3.29. The van der Waals surface area contributed by atoms with Gasteiger partial charge in [0.1, 0.15) is 5.75 Å².